The van der Waals surface area contributed by atoms with Crippen LogP contribution in [0.2, 0.25) is 0 Å². The molecule has 0 aromatic carbocycles. The van der Waals surface area contributed by atoms with E-state index in [1.165, 1.54) is 64.5 Å². The summed E-state index contributed by atoms with van der Waals surface area (Å²) in [4.78, 5) is 4.92. The van der Waals surface area contributed by atoms with Gasteiger partial charge in [0, 0.05) is 6.54 Å². The lowest BCUT2D eigenvalue weighted by molar-refractivity contribution is 0.121. The molecule has 0 saturated carbocycles. The van der Waals surface area contributed by atoms with E-state index in [4.69, 9.17) is 0 Å². The molecule has 0 amide bonds. The smallest absolute Gasteiger partial charge is 0.106 e. The first-order valence-corrected chi connectivity index (χ1v) is 7.92. The second-order valence-corrected chi connectivity index (χ2v) is 5.97. The first-order valence-electron chi connectivity index (χ1n) is 7.92. The van der Waals surface area contributed by atoms with Gasteiger partial charge < -0.3 is 4.90 Å². The number of alkyl halides is 1. The van der Waals surface area contributed by atoms with Crippen LogP contribution in [-0.2, 0) is 0 Å². The Labute approximate surface area is 112 Å². The van der Waals surface area contributed by atoms with Crippen LogP contribution in [0, 0.1) is 0 Å². The van der Waals surface area contributed by atoms with Gasteiger partial charge in [0.25, 0.3) is 0 Å². The summed E-state index contributed by atoms with van der Waals surface area (Å²) in [5.41, 5.74) is 0. The Bertz CT molecular complexity index is 207. The molecule has 2 fully saturated rings. The molecule has 2 rings (SSSR count). The van der Waals surface area contributed by atoms with Crippen LogP contribution in [0.3, 0.4) is 0 Å². The highest BCUT2D eigenvalue weighted by molar-refractivity contribution is 4.78. The lowest BCUT2D eigenvalue weighted by atomic mass is 10.2. The van der Waals surface area contributed by atoms with Gasteiger partial charge in [-0.15, -0.1) is 0 Å². The van der Waals surface area contributed by atoms with E-state index >= 15 is 0 Å². The second kappa shape index (κ2) is 8.11. The summed E-state index contributed by atoms with van der Waals surface area (Å²) < 4.78 is 13.4. The van der Waals surface area contributed by atoms with Gasteiger partial charge in [0.05, 0.1) is 6.04 Å². The minimum absolute atomic E-state index is 0.154. The molecule has 2 aliphatic rings. The van der Waals surface area contributed by atoms with Gasteiger partial charge in [-0.3, -0.25) is 4.90 Å². The van der Waals surface area contributed by atoms with Crippen LogP contribution in [0.25, 0.3) is 0 Å². The highest BCUT2D eigenvalue weighted by atomic mass is 19.1. The maximum Gasteiger partial charge on any atom is 0.106 e. The lowest BCUT2D eigenvalue weighted by Crippen LogP contribution is -2.46. The normalized spacial score (nSPS) is 26.5. The molecule has 3 heteroatoms. The van der Waals surface area contributed by atoms with Crippen molar-refractivity contribution in [3.63, 3.8) is 0 Å². The molecular formula is C15H29FN2. The van der Waals surface area contributed by atoms with E-state index in [0.717, 1.165) is 19.6 Å². The Balaban J connectivity index is 1.82. The molecule has 2 heterocycles. The highest BCUT2D eigenvalue weighted by Crippen LogP contribution is 2.16. The number of halogens is 1. The second-order valence-electron chi connectivity index (χ2n) is 5.97. The van der Waals surface area contributed by atoms with Crippen LogP contribution >= 0.6 is 0 Å². The molecular weight excluding hydrogens is 227 g/mol. The molecule has 1 unspecified atom stereocenters. The monoisotopic (exact) mass is 256 g/mol. The molecule has 2 nitrogen and oxygen atoms in total. The quantitative estimate of drug-likeness (QED) is 0.762. The van der Waals surface area contributed by atoms with E-state index in [-0.39, 0.29) is 12.7 Å². The zero-order valence-electron chi connectivity index (χ0n) is 11.7. The molecule has 18 heavy (non-hydrogen) atoms. The van der Waals surface area contributed by atoms with Crippen molar-refractivity contribution in [3.8, 4) is 0 Å². The van der Waals surface area contributed by atoms with E-state index in [9.17, 15) is 4.39 Å². The summed E-state index contributed by atoms with van der Waals surface area (Å²) in [5.74, 6) is 0. The molecule has 0 aromatic heterocycles. The average molecular weight is 256 g/mol. The van der Waals surface area contributed by atoms with E-state index in [2.05, 4.69) is 9.80 Å². The van der Waals surface area contributed by atoms with Crippen molar-refractivity contribution in [2.45, 2.75) is 57.4 Å². The maximum atomic E-state index is 13.4. The fraction of sp³-hybridized carbons (Fsp3) is 1.00. The summed E-state index contributed by atoms with van der Waals surface area (Å²) in [7, 11) is 0. The summed E-state index contributed by atoms with van der Waals surface area (Å²) in [6, 6.07) is 0.154. The standard InChI is InChI=1S/C15H29FN2/c16-13-15(18-11-7-3-4-8-12-18)14-17-9-5-1-2-6-10-17/h15H,1-14H2. The predicted octanol–water partition coefficient (Wildman–Crippen LogP) is 3.08. The Hall–Kier alpha value is -0.150. The number of nitrogens with zero attached hydrogens (tertiary/aromatic N) is 2. The van der Waals surface area contributed by atoms with Gasteiger partial charge in [-0.05, 0) is 51.9 Å². The zero-order valence-corrected chi connectivity index (χ0v) is 11.7. The highest BCUT2D eigenvalue weighted by Gasteiger charge is 2.22. The molecule has 0 spiro atoms. The predicted molar refractivity (Wildman–Crippen MR) is 74.7 cm³/mol. The Morgan fingerprint density at radius 3 is 1.72 bits per heavy atom. The minimum atomic E-state index is -0.170. The Morgan fingerprint density at radius 2 is 1.22 bits per heavy atom. The number of rotatable bonds is 4. The Kier molecular flexibility index (Phi) is 6.42. The van der Waals surface area contributed by atoms with E-state index in [1.807, 2.05) is 0 Å². The first-order chi connectivity index (χ1) is 8.90. The third-order valence-electron chi connectivity index (χ3n) is 4.50. The van der Waals surface area contributed by atoms with Gasteiger partial charge in [0.2, 0.25) is 0 Å². The fourth-order valence-electron chi connectivity index (χ4n) is 3.34. The Morgan fingerprint density at radius 1 is 0.722 bits per heavy atom. The van der Waals surface area contributed by atoms with Crippen LogP contribution in [-0.4, -0.2) is 55.2 Å². The molecule has 0 aromatic rings. The van der Waals surface area contributed by atoms with Gasteiger partial charge in [-0.25, -0.2) is 4.39 Å². The molecule has 0 aliphatic carbocycles. The van der Waals surface area contributed by atoms with Gasteiger partial charge in [-0.1, -0.05) is 25.7 Å². The van der Waals surface area contributed by atoms with Crippen molar-refractivity contribution >= 4 is 0 Å². The minimum Gasteiger partial charge on any atom is -0.302 e. The fourth-order valence-corrected chi connectivity index (χ4v) is 3.34. The topological polar surface area (TPSA) is 6.48 Å². The molecule has 106 valence electrons. The molecule has 0 radical (unpaired) electrons. The third kappa shape index (κ3) is 4.51. The van der Waals surface area contributed by atoms with Crippen molar-refractivity contribution < 1.29 is 4.39 Å². The van der Waals surface area contributed by atoms with E-state index in [1.54, 1.807) is 0 Å². The molecule has 1 atom stereocenters. The van der Waals surface area contributed by atoms with E-state index < -0.39 is 0 Å². The number of hydrogen-bond donors (Lipinski definition) is 0. The van der Waals surface area contributed by atoms with Crippen molar-refractivity contribution in [1.29, 1.82) is 0 Å². The lowest BCUT2D eigenvalue weighted by Gasteiger charge is -2.33. The zero-order chi connectivity index (χ0) is 12.6. The van der Waals surface area contributed by atoms with Gasteiger partial charge >= 0.3 is 0 Å². The first kappa shape index (κ1) is 14.3. The van der Waals surface area contributed by atoms with Crippen molar-refractivity contribution in [2.75, 3.05) is 39.4 Å². The third-order valence-corrected chi connectivity index (χ3v) is 4.50. The van der Waals surface area contributed by atoms with Crippen LogP contribution in [0.15, 0.2) is 0 Å². The summed E-state index contributed by atoms with van der Waals surface area (Å²) in [5, 5.41) is 0. The molecule has 2 aliphatic heterocycles. The van der Waals surface area contributed by atoms with Crippen LogP contribution in [0.4, 0.5) is 4.39 Å². The van der Waals surface area contributed by atoms with Crippen LogP contribution < -0.4 is 0 Å². The summed E-state index contributed by atoms with van der Waals surface area (Å²) in [6.45, 7) is 5.38. The molecule has 0 N–H and O–H groups in total. The van der Waals surface area contributed by atoms with Crippen molar-refractivity contribution in [1.82, 2.24) is 9.80 Å². The largest absolute Gasteiger partial charge is 0.302 e. The number of hydrogen-bond acceptors (Lipinski definition) is 2. The van der Waals surface area contributed by atoms with E-state index in [0.29, 0.717) is 0 Å². The maximum absolute atomic E-state index is 13.4. The average Bonchev–Trinajstić information content (AvgIpc) is 2.80. The number of likely N-dealkylation sites (tertiary alicyclic amines) is 2. The van der Waals surface area contributed by atoms with Gasteiger partial charge in [-0.2, -0.15) is 0 Å². The van der Waals surface area contributed by atoms with Gasteiger partial charge in [0.15, 0.2) is 0 Å². The SMILES string of the molecule is FCC(CN1CCCCCC1)N1CCCCCC1. The van der Waals surface area contributed by atoms with Crippen LogP contribution in [0.5, 0.6) is 0 Å². The molecule has 2 saturated heterocycles. The van der Waals surface area contributed by atoms with Gasteiger partial charge in [0.1, 0.15) is 6.67 Å². The summed E-state index contributed by atoms with van der Waals surface area (Å²) in [6.07, 6.45) is 10.5. The van der Waals surface area contributed by atoms with Crippen LogP contribution in [0.1, 0.15) is 51.4 Å². The molecule has 0 bridgehead atoms. The van der Waals surface area contributed by atoms with Crippen molar-refractivity contribution in [2.24, 2.45) is 0 Å². The van der Waals surface area contributed by atoms with Crippen molar-refractivity contribution in [3.05, 3.63) is 0 Å². The summed E-state index contributed by atoms with van der Waals surface area (Å²) >= 11 is 0.